The van der Waals surface area contributed by atoms with Crippen LogP contribution in [-0.2, 0) is 6.54 Å². The van der Waals surface area contributed by atoms with Gasteiger partial charge in [0.25, 0.3) is 5.91 Å². The molecule has 3 heterocycles. The molecule has 1 aliphatic heterocycles. The van der Waals surface area contributed by atoms with Gasteiger partial charge in [-0.05, 0) is 36.8 Å². The molecule has 136 valence electrons. The molecule has 0 radical (unpaired) electrons. The first-order chi connectivity index (χ1) is 12.5. The lowest BCUT2D eigenvalue weighted by molar-refractivity contribution is 0.0628. The molecule has 0 spiro atoms. The zero-order chi connectivity index (χ0) is 18.3. The predicted molar refractivity (Wildman–Crippen MR) is 107 cm³/mol. The molecule has 1 amide bonds. The van der Waals surface area contributed by atoms with Crippen molar-refractivity contribution < 1.29 is 4.79 Å². The van der Waals surface area contributed by atoms with Crippen LogP contribution in [0.1, 0.15) is 41.2 Å². The van der Waals surface area contributed by atoms with Crippen LogP contribution in [0.2, 0.25) is 0 Å². The van der Waals surface area contributed by atoms with Gasteiger partial charge in [-0.25, -0.2) is 0 Å². The molecule has 2 unspecified atom stereocenters. The molecule has 0 saturated carbocycles. The van der Waals surface area contributed by atoms with Gasteiger partial charge in [-0.2, -0.15) is 5.10 Å². The van der Waals surface area contributed by atoms with E-state index in [1.165, 1.54) is 12.0 Å². The fraction of sp³-hybridized carbons (Fsp3) is 0.429. The number of nitrogens with zero attached hydrogens (tertiary/aromatic N) is 3. The van der Waals surface area contributed by atoms with Crippen molar-refractivity contribution in [1.29, 1.82) is 0 Å². The zero-order valence-corrected chi connectivity index (χ0v) is 16.4. The van der Waals surface area contributed by atoms with Gasteiger partial charge in [0.15, 0.2) is 0 Å². The van der Waals surface area contributed by atoms with E-state index < -0.39 is 0 Å². The lowest BCUT2D eigenvalue weighted by Gasteiger charge is -2.34. The van der Waals surface area contributed by atoms with E-state index >= 15 is 0 Å². The summed E-state index contributed by atoms with van der Waals surface area (Å²) in [7, 11) is 0. The summed E-state index contributed by atoms with van der Waals surface area (Å²) in [5.41, 5.74) is 2.21. The summed E-state index contributed by atoms with van der Waals surface area (Å²) in [6, 6.07) is 12.4. The molecule has 0 bridgehead atoms. The average molecular weight is 368 g/mol. The molecule has 0 aliphatic carbocycles. The van der Waals surface area contributed by atoms with Crippen LogP contribution in [0.3, 0.4) is 0 Å². The van der Waals surface area contributed by atoms with Crippen LogP contribution in [0, 0.1) is 18.8 Å². The van der Waals surface area contributed by atoms with Crippen molar-refractivity contribution in [1.82, 2.24) is 14.7 Å². The Labute approximate surface area is 158 Å². The topological polar surface area (TPSA) is 38.1 Å². The summed E-state index contributed by atoms with van der Waals surface area (Å²) in [4.78, 5) is 17.0. The van der Waals surface area contributed by atoms with Crippen molar-refractivity contribution in [3.05, 3.63) is 52.5 Å². The molecule has 4 rings (SSSR count). The maximum Gasteiger partial charge on any atom is 0.264 e. The Kier molecular flexibility index (Phi) is 4.57. The van der Waals surface area contributed by atoms with Gasteiger partial charge in [0, 0.05) is 18.5 Å². The number of hydrogen-bond acceptors (Lipinski definition) is 3. The van der Waals surface area contributed by atoms with Crippen molar-refractivity contribution in [3.63, 3.8) is 0 Å². The highest BCUT2D eigenvalue weighted by atomic mass is 32.1. The second kappa shape index (κ2) is 6.88. The van der Waals surface area contributed by atoms with Crippen LogP contribution >= 0.6 is 11.3 Å². The molecule has 2 aromatic heterocycles. The van der Waals surface area contributed by atoms with E-state index in [0.717, 1.165) is 40.4 Å². The van der Waals surface area contributed by atoms with Gasteiger partial charge in [0.05, 0.1) is 17.1 Å². The third-order valence-electron chi connectivity index (χ3n) is 5.15. The van der Waals surface area contributed by atoms with Crippen LogP contribution in [0.25, 0.3) is 10.2 Å². The third kappa shape index (κ3) is 3.28. The maximum absolute atomic E-state index is 13.0. The van der Waals surface area contributed by atoms with Gasteiger partial charge in [0.2, 0.25) is 0 Å². The number of thiophene rings is 1. The van der Waals surface area contributed by atoms with Gasteiger partial charge in [-0.1, -0.05) is 44.2 Å². The first-order valence-corrected chi connectivity index (χ1v) is 10.1. The monoisotopic (exact) mass is 367 g/mol. The van der Waals surface area contributed by atoms with Crippen molar-refractivity contribution in [2.45, 2.75) is 33.7 Å². The molecule has 0 N–H and O–H groups in total. The minimum absolute atomic E-state index is 0.176. The normalized spacial score (nSPS) is 20.7. The van der Waals surface area contributed by atoms with Gasteiger partial charge in [-0.15, -0.1) is 11.3 Å². The Bertz CT molecular complexity index is 918. The molecule has 3 aromatic rings. The van der Waals surface area contributed by atoms with Gasteiger partial charge in [-0.3, -0.25) is 9.48 Å². The second-order valence-corrected chi connectivity index (χ2v) is 8.74. The fourth-order valence-corrected chi connectivity index (χ4v) is 5.20. The highest BCUT2D eigenvalue weighted by molar-refractivity contribution is 7.20. The van der Waals surface area contributed by atoms with E-state index in [1.807, 2.05) is 40.8 Å². The lowest BCUT2D eigenvalue weighted by Crippen LogP contribution is -2.42. The highest BCUT2D eigenvalue weighted by Crippen LogP contribution is 2.31. The number of rotatable bonds is 3. The quantitative estimate of drug-likeness (QED) is 0.680. The summed E-state index contributed by atoms with van der Waals surface area (Å²) < 4.78 is 2.03. The number of fused-ring (bicyclic) bond motifs is 1. The van der Waals surface area contributed by atoms with Crippen molar-refractivity contribution in [2.75, 3.05) is 13.1 Å². The number of carbonyl (C=O) groups excluding carboxylic acids is 1. The molecule has 5 heteroatoms. The minimum Gasteiger partial charge on any atom is -0.337 e. The van der Waals surface area contributed by atoms with Gasteiger partial charge >= 0.3 is 0 Å². The van der Waals surface area contributed by atoms with E-state index in [0.29, 0.717) is 11.8 Å². The molecule has 2 atom stereocenters. The van der Waals surface area contributed by atoms with Crippen LogP contribution in [-0.4, -0.2) is 33.7 Å². The number of amides is 1. The minimum atomic E-state index is 0.176. The summed E-state index contributed by atoms with van der Waals surface area (Å²) in [6.07, 6.45) is 1.21. The second-order valence-electron chi connectivity index (χ2n) is 7.71. The molecule has 4 nitrogen and oxygen atoms in total. The van der Waals surface area contributed by atoms with Crippen molar-refractivity contribution in [2.24, 2.45) is 11.8 Å². The van der Waals surface area contributed by atoms with Crippen molar-refractivity contribution >= 4 is 27.5 Å². The van der Waals surface area contributed by atoms with Crippen LogP contribution in [0.4, 0.5) is 0 Å². The summed E-state index contributed by atoms with van der Waals surface area (Å²) in [6.45, 7) is 8.97. The predicted octanol–water partition coefficient (Wildman–Crippen LogP) is 4.57. The summed E-state index contributed by atoms with van der Waals surface area (Å²) >= 11 is 1.58. The Morgan fingerprint density at radius 1 is 1.19 bits per heavy atom. The van der Waals surface area contributed by atoms with Crippen LogP contribution in [0.15, 0.2) is 36.4 Å². The SMILES string of the molecule is Cc1nn(Cc2ccccc2)c2sc(C(=O)N3CC(C)CC(C)C3)cc12. The Balaban J connectivity index is 1.63. The van der Waals surface area contributed by atoms with E-state index in [1.54, 1.807) is 11.3 Å². The molecule has 26 heavy (non-hydrogen) atoms. The first-order valence-electron chi connectivity index (χ1n) is 9.31. The molecular weight excluding hydrogens is 342 g/mol. The zero-order valence-electron chi connectivity index (χ0n) is 15.6. The largest absolute Gasteiger partial charge is 0.337 e. The number of benzene rings is 1. The smallest absolute Gasteiger partial charge is 0.264 e. The number of piperidine rings is 1. The number of aryl methyl sites for hydroxylation is 1. The molecule has 1 saturated heterocycles. The maximum atomic E-state index is 13.0. The fourth-order valence-electron chi connectivity index (χ4n) is 4.07. The number of likely N-dealkylation sites (tertiary alicyclic amines) is 1. The van der Waals surface area contributed by atoms with Gasteiger partial charge < -0.3 is 4.90 Å². The summed E-state index contributed by atoms with van der Waals surface area (Å²) in [5, 5.41) is 5.79. The Hall–Kier alpha value is -2.14. The molecular formula is C21H25N3OS. The average Bonchev–Trinajstić information content (AvgIpc) is 3.16. The van der Waals surface area contributed by atoms with Gasteiger partial charge in [0.1, 0.15) is 4.83 Å². The Morgan fingerprint density at radius 3 is 2.58 bits per heavy atom. The van der Waals surface area contributed by atoms with Crippen molar-refractivity contribution in [3.8, 4) is 0 Å². The number of hydrogen-bond donors (Lipinski definition) is 0. The number of carbonyl (C=O) groups is 1. The first kappa shape index (κ1) is 17.3. The molecule has 1 fully saturated rings. The van der Waals surface area contributed by atoms with E-state index in [-0.39, 0.29) is 5.91 Å². The molecule has 1 aliphatic rings. The molecule has 1 aromatic carbocycles. The van der Waals surface area contributed by atoms with Crippen LogP contribution < -0.4 is 0 Å². The standard InChI is InChI=1S/C21H25N3OS/c1-14-9-15(2)12-23(11-14)20(25)19-10-18-16(3)22-24(21(18)26-19)13-17-7-5-4-6-8-17/h4-8,10,14-15H,9,11-13H2,1-3H3. The Morgan fingerprint density at radius 2 is 1.88 bits per heavy atom. The number of aromatic nitrogens is 2. The lowest BCUT2D eigenvalue weighted by atomic mass is 9.92. The van der Waals surface area contributed by atoms with Crippen LogP contribution in [0.5, 0.6) is 0 Å². The summed E-state index contributed by atoms with van der Waals surface area (Å²) in [5.74, 6) is 1.33. The van der Waals surface area contributed by atoms with E-state index in [9.17, 15) is 4.79 Å². The van der Waals surface area contributed by atoms with E-state index in [4.69, 9.17) is 0 Å². The third-order valence-corrected chi connectivity index (χ3v) is 6.29. The van der Waals surface area contributed by atoms with E-state index in [2.05, 4.69) is 31.1 Å². The highest BCUT2D eigenvalue weighted by Gasteiger charge is 2.27.